The highest BCUT2D eigenvalue weighted by Crippen LogP contribution is 2.37. The molecule has 1 N–H and O–H groups in total. The van der Waals surface area contributed by atoms with Crippen LogP contribution in [0.1, 0.15) is 34.9 Å². The van der Waals surface area contributed by atoms with E-state index in [0.717, 1.165) is 11.3 Å². The largest absolute Gasteiger partial charge is 0.487 e. The lowest BCUT2D eigenvalue weighted by molar-refractivity contribution is -0.135. The number of aromatic nitrogens is 2. The van der Waals surface area contributed by atoms with Gasteiger partial charge in [-0.1, -0.05) is 18.2 Å². The Morgan fingerprint density at radius 3 is 2.89 bits per heavy atom. The van der Waals surface area contributed by atoms with Gasteiger partial charge in [-0.2, -0.15) is 0 Å². The van der Waals surface area contributed by atoms with Crippen molar-refractivity contribution in [1.82, 2.24) is 9.97 Å². The highest BCUT2D eigenvalue weighted by atomic mass is 16.5. The normalized spacial score (nSPS) is 15.7. The molecule has 6 heteroatoms. The molecule has 0 bridgehead atoms. The molecule has 0 saturated heterocycles. The summed E-state index contributed by atoms with van der Waals surface area (Å²) in [6.45, 7) is 2.10. The van der Waals surface area contributed by atoms with Gasteiger partial charge in [-0.05, 0) is 36.8 Å². The van der Waals surface area contributed by atoms with Crippen LogP contribution < -0.4 is 15.0 Å². The number of aromatic amines is 1. The predicted octanol–water partition coefficient (Wildman–Crippen LogP) is 3.10. The van der Waals surface area contributed by atoms with Crippen LogP contribution in [0.5, 0.6) is 11.5 Å². The zero-order valence-corrected chi connectivity index (χ0v) is 14.8. The fraction of sp³-hybridized carbons (Fsp3) is 0.190. The first-order valence-electron chi connectivity index (χ1n) is 8.67. The molecule has 6 nitrogen and oxygen atoms in total. The molecule has 3 heterocycles. The van der Waals surface area contributed by atoms with E-state index in [0.29, 0.717) is 29.4 Å². The molecule has 4 rings (SSSR count). The van der Waals surface area contributed by atoms with Gasteiger partial charge in [0.1, 0.15) is 18.1 Å². The number of carbonyl (C=O) groups is 1. The average Bonchev–Trinajstić information content (AvgIpc) is 2.66. The Bertz CT molecular complexity index is 1040. The number of benzene rings is 1. The molecule has 1 aliphatic rings. The Labute approximate surface area is 155 Å². The second-order valence-electron chi connectivity index (χ2n) is 6.47. The molecule has 0 saturated carbocycles. The minimum atomic E-state index is -0.371. The van der Waals surface area contributed by atoms with E-state index < -0.39 is 0 Å². The van der Waals surface area contributed by atoms with Gasteiger partial charge in [0.25, 0.3) is 5.56 Å². The summed E-state index contributed by atoms with van der Waals surface area (Å²) in [6, 6.07) is 14.8. The number of nitrogens with one attached hydrogen (secondary N) is 1. The molecular formula is C21H18N2O4. The summed E-state index contributed by atoms with van der Waals surface area (Å²) in [4.78, 5) is 31.6. The van der Waals surface area contributed by atoms with Crippen molar-refractivity contribution in [3.05, 3.63) is 87.6 Å². The van der Waals surface area contributed by atoms with Gasteiger partial charge in [0.15, 0.2) is 0 Å². The van der Waals surface area contributed by atoms with E-state index in [1.165, 1.54) is 0 Å². The number of rotatable bonds is 4. The summed E-state index contributed by atoms with van der Waals surface area (Å²) < 4.78 is 11.1. The smallest absolute Gasteiger partial charge is 0.312 e. The van der Waals surface area contributed by atoms with Crippen LogP contribution >= 0.6 is 0 Å². The van der Waals surface area contributed by atoms with E-state index in [1.807, 2.05) is 42.5 Å². The highest BCUT2D eigenvalue weighted by molar-refractivity contribution is 5.77. The summed E-state index contributed by atoms with van der Waals surface area (Å²) >= 11 is 0. The number of carbonyl (C=O) groups excluding carboxylic acids is 1. The van der Waals surface area contributed by atoms with E-state index in [-0.39, 0.29) is 23.9 Å². The van der Waals surface area contributed by atoms with E-state index >= 15 is 0 Å². The third-order valence-electron chi connectivity index (χ3n) is 4.48. The fourth-order valence-corrected chi connectivity index (χ4v) is 3.26. The number of fused-ring (bicyclic) bond motifs is 1. The van der Waals surface area contributed by atoms with Gasteiger partial charge < -0.3 is 14.5 Å². The topological polar surface area (TPSA) is 81.3 Å². The molecule has 1 aliphatic heterocycles. The van der Waals surface area contributed by atoms with Crippen LogP contribution in [0.25, 0.3) is 0 Å². The van der Waals surface area contributed by atoms with Gasteiger partial charge in [-0.3, -0.25) is 14.6 Å². The molecule has 0 radical (unpaired) electrons. The van der Waals surface area contributed by atoms with Gasteiger partial charge in [0, 0.05) is 23.9 Å². The second-order valence-corrected chi connectivity index (χ2v) is 6.47. The minimum Gasteiger partial charge on any atom is -0.487 e. The standard InChI is InChI=1S/C21H18N2O4/c1-13-9-18-20(21(25)23-13)17(11-19(24)27-18)14-5-4-7-16(10-14)26-12-15-6-2-3-8-22-15/h2-10,17H,11-12H2,1H3,(H,23,25)/t17-/m0/s1. The first-order chi connectivity index (χ1) is 13.1. The summed E-state index contributed by atoms with van der Waals surface area (Å²) in [5, 5.41) is 0. The number of pyridine rings is 2. The molecule has 3 aromatic rings. The molecule has 1 aromatic carbocycles. The fourth-order valence-electron chi connectivity index (χ4n) is 3.26. The Balaban J connectivity index is 1.64. The van der Waals surface area contributed by atoms with E-state index in [4.69, 9.17) is 9.47 Å². The molecule has 1 atom stereocenters. The number of esters is 1. The lowest BCUT2D eigenvalue weighted by Crippen LogP contribution is -2.28. The van der Waals surface area contributed by atoms with Gasteiger partial charge in [-0.25, -0.2) is 0 Å². The van der Waals surface area contributed by atoms with Crippen molar-refractivity contribution < 1.29 is 14.3 Å². The molecule has 0 fully saturated rings. The summed E-state index contributed by atoms with van der Waals surface area (Å²) in [7, 11) is 0. The third kappa shape index (κ3) is 3.60. The second kappa shape index (κ2) is 7.07. The summed E-state index contributed by atoms with van der Waals surface area (Å²) in [6.07, 6.45) is 1.83. The molecule has 136 valence electrons. The van der Waals surface area contributed by atoms with Crippen LogP contribution in [0.2, 0.25) is 0 Å². The van der Waals surface area contributed by atoms with Crippen molar-refractivity contribution in [3.63, 3.8) is 0 Å². The molecule has 0 aliphatic carbocycles. The molecule has 0 spiro atoms. The van der Waals surface area contributed by atoms with Crippen LogP contribution in [0, 0.1) is 6.92 Å². The zero-order chi connectivity index (χ0) is 18.8. The van der Waals surface area contributed by atoms with Crippen LogP contribution in [-0.2, 0) is 11.4 Å². The van der Waals surface area contributed by atoms with Gasteiger partial charge in [0.05, 0.1) is 17.7 Å². The number of nitrogens with zero attached hydrogens (tertiary/aromatic N) is 1. The first-order valence-corrected chi connectivity index (χ1v) is 8.67. The maximum absolute atomic E-state index is 12.5. The van der Waals surface area contributed by atoms with Gasteiger partial charge >= 0.3 is 5.97 Å². The lowest BCUT2D eigenvalue weighted by atomic mass is 9.87. The van der Waals surface area contributed by atoms with Crippen molar-refractivity contribution in [2.24, 2.45) is 0 Å². The summed E-state index contributed by atoms with van der Waals surface area (Å²) in [5.41, 5.74) is 2.55. The van der Waals surface area contributed by atoms with Crippen LogP contribution in [0.15, 0.2) is 59.5 Å². The van der Waals surface area contributed by atoms with Crippen LogP contribution in [0.3, 0.4) is 0 Å². The van der Waals surface area contributed by atoms with Crippen molar-refractivity contribution in [3.8, 4) is 11.5 Å². The van der Waals surface area contributed by atoms with Crippen molar-refractivity contribution in [1.29, 1.82) is 0 Å². The van der Waals surface area contributed by atoms with Crippen LogP contribution in [0.4, 0.5) is 0 Å². The molecule has 0 unspecified atom stereocenters. The van der Waals surface area contributed by atoms with Crippen molar-refractivity contribution >= 4 is 5.97 Å². The predicted molar refractivity (Wildman–Crippen MR) is 98.9 cm³/mol. The van der Waals surface area contributed by atoms with Crippen molar-refractivity contribution in [2.75, 3.05) is 0 Å². The Kier molecular flexibility index (Phi) is 4.46. The average molecular weight is 362 g/mol. The van der Waals surface area contributed by atoms with E-state index in [2.05, 4.69) is 9.97 Å². The number of aryl methyl sites for hydroxylation is 1. The number of hydrogen-bond donors (Lipinski definition) is 1. The first kappa shape index (κ1) is 17.0. The zero-order valence-electron chi connectivity index (χ0n) is 14.8. The Morgan fingerprint density at radius 2 is 2.07 bits per heavy atom. The Morgan fingerprint density at radius 1 is 1.19 bits per heavy atom. The van der Waals surface area contributed by atoms with E-state index in [1.54, 1.807) is 19.2 Å². The van der Waals surface area contributed by atoms with Gasteiger partial charge in [-0.15, -0.1) is 0 Å². The maximum Gasteiger partial charge on any atom is 0.312 e. The number of H-pyrrole nitrogens is 1. The quantitative estimate of drug-likeness (QED) is 0.721. The lowest BCUT2D eigenvalue weighted by Gasteiger charge is -2.24. The summed E-state index contributed by atoms with van der Waals surface area (Å²) in [5.74, 6) is 0.265. The maximum atomic E-state index is 12.5. The molecule has 2 aromatic heterocycles. The van der Waals surface area contributed by atoms with Crippen molar-refractivity contribution in [2.45, 2.75) is 25.9 Å². The Hall–Kier alpha value is -3.41. The molecular weight excluding hydrogens is 344 g/mol. The number of ether oxygens (including phenoxy) is 2. The third-order valence-corrected chi connectivity index (χ3v) is 4.48. The number of hydrogen-bond acceptors (Lipinski definition) is 5. The minimum absolute atomic E-state index is 0.114. The molecule has 27 heavy (non-hydrogen) atoms. The monoisotopic (exact) mass is 362 g/mol. The van der Waals surface area contributed by atoms with Gasteiger partial charge in [0.2, 0.25) is 0 Å². The molecule has 0 amide bonds. The van der Waals surface area contributed by atoms with Crippen LogP contribution in [-0.4, -0.2) is 15.9 Å². The highest BCUT2D eigenvalue weighted by Gasteiger charge is 2.31. The van der Waals surface area contributed by atoms with E-state index in [9.17, 15) is 9.59 Å². The SMILES string of the molecule is Cc1cc2c(c(=O)[nH]1)[C@H](c1cccc(OCc3ccccn3)c1)CC(=O)O2.